The summed E-state index contributed by atoms with van der Waals surface area (Å²) in [5.41, 5.74) is 4.80. The van der Waals surface area contributed by atoms with Crippen LogP contribution < -0.4 is 16.4 Å². The molecule has 0 fully saturated rings. The maximum atomic E-state index is 11.6. The van der Waals surface area contributed by atoms with Gasteiger partial charge in [-0.25, -0.2) is 4.79 Å². The highest BCUT2D eigenvalue weighted by atomic mass is 19.4. The number of quaternary nitrogens is 1. The second-order valence-corrected chi connectivity index (χ2v) is 4.77. The number of aromatic nitrogens is 1. The van der Waals surface area contributed by atoms with Gasteiger partial charge in [0.1, 0.15) is 17.2 Å². The fraction of sp³-hybridized carbons (Fsp3) is 0.133. The highest BCUT2D eigenvalue weighted by Crippen LogP contribution is 2.20. The van der Waals surface area contributed by atoms with Gasteiger partial charge in [0.2, 0.25) is 0 Å². The predicted molar refractivity (Wildman–Crippen MR) is 78.3 cm³/mol. The molecule has 0 amide bonds. The molecule has 0 saturated heterocycles. The smallest absolute Gasteiger partial charge is 0.430 e. The summed E-state index contributed by atoms with van der Waals surface area (Å²) >= 11 is 0. The summed E-state index contributed by atoms with van der Waals surface area (Å²) in [6.45, 7) is 0. The van der Waals surface area contributed by atoms with Crippen molar-refractivity contribution in [1.29, 1.82) is 0 Å². The minimum absolute atomic E-state index is 0.225. The molecule has 8 nitrogen and oxygen atoms in total. The number of carbonyl (C=O) groups is 2. The van der Waals surface area contributed by atoms with Gasteiger partial charge in [0.25, 0.3) is 5.56 Å². The molecule has 1 aromatic heterocycles. The predicted octanol–water partition coefficient (Wildman–Crippen LogP) is -0.289. The number of aliphatic carboxylic acids is 1. The van der Waals surface area contributed by atoms with E-state index in [-0.39, 0.29) is 5.56 Å². The van der Waals surface area contributed by atoms with E-state index in [9.17, 15) is 28.0 Å². The van der Waals surface area contributed by atoms with Crippen LogP contribution in [0.4, 0.5) is 18.9 Å². The van der Waals surface area contributed by atoms with Crippen molar-refractivity contribution in [2.75, 3.05) is 7.11 Å². The molecule has 0 atom stereocenters. The monoisotopic (exact) mass is 374 g/mol. The van der Waals surface area contributed by atoms with Gasteiger partial charge in [0, 0.05) is 11.6 Å². The van der Waals surface area contributed by atoms with Crippen molar-refractivity contribution in [2.24, 2.45) is 0 Å². The normalized spacial score (nSPS) is 10.5. The lowest BCUT2D eigenvalue weighted by atomic mass is 10.1. The lowest BCUT2D eigenvalue weighted by molar-refractivity contribution is -0.344. The summed E-state index contributed by atoms with van der Waals surface area (Å²) in [7, 11) is 1.17. The van der Waals surface area contributed by atoms with E-state index in [4.69, 9.17) is 9.90 Å². The van der Waals surface area contributed by atoms with Gasteiger partial charge in [-0.1, -0.05) is 12.1 Å². The fourth-order valence-corrected chi connectivity index (χ4v) is 1.73. The van der Waals surface area contributed by atoms with Crippen molar-refractivity contribution >= 4 is 17.6 Å². The number of hydrogen-bond donors (Lipinski definition) is 2. The number of pyridine rings is 1. The van der Waals surface area contributed by atoms with Crippen molar-refractivity contribution in [3.05, 3.63) is 52.4 Å². The van der Waals surface area contributed by atoms with E-state index in [0.29, 0.717) is 10.3 Å². The van der Waals surface area contributed by atoms with Crippen LogP contribution in [0.1, 0.15) is 10.4 Å². The van der Waals surface area contributed by atoms with E-state index in [0.717, 1.165) is 11.3 Å². The minimum Gasteiger partial charge on any atom is -0.542 e. The first-order valence-electron chi connectivity index (χ1n) is 6.72. The first-order chi connectivity index (χ1) is 12.0. The van der Waals surface area contributed by atoms with Gasteiger partial charge in [0.05, 0.1) is 13.3 Å². The van der Waals surface area contributed by atoms with Crippen LogP contribution in [0.25, 0.3) is 11.1 Å². The maximum absolute atomic E-state index is 11.6. The Morgan fingerprint density at radius 1 is 1.23 bits per heavy atom. The van der Waals surface area contributed by atoms with E-state index in [1.165, 1.54) is 19.4 Å². The maximum Gasteiger partial charge on any atom is 0.430 e. The van der Waals surface area contributed by atoms with Gasteiger partial charge in [0.15, 0.2) is 0 Å². The molecule has 2 aromatic rings. The van der Waals surface area contributed by atoms with E-state index in [2.05, 4.69) is 10.5 Å². The zero-order chi connectivity index (χ0) is 20.1. The summed E-state index contributed by atoms with van der Waals surface area (Å²) in [5, 5.41) is 18.3. The molecule has 0 bridgehead atoms. The Balaban J connectivity index is 0.000000412. The van der Waals surface area contributed by atoms with Crippen LogP contribution in [0.2, 0.25) is 0 Å². The van der Waals surface area contributed by atoms with Crippen LogP contribution in [-0.2, 0) is 9.53 Å². The van der Waals surface area contributed by atoms with Crippen LogP contribution in [0.3, 0.4) is 0 Å². The average molecular weight is 374 g/mol. The lowest BCUT2D eigenvalue weighted by Gasteiger charge is -2.06. The quantitative estimate of drug-likeness (QED) is 0.548. The van der Waals surface area contributed by atoms with Crippen LogP contribution in [0.5, 0.6) is 0 Å². The molecule has 140 valence electrons. The molecular formula is C15H13F3N2O6. The zero-order valence-electron chi connectivity index (χ0n) is 13.2. The molecule has 2 rings (SSSR count). The largest absolute Gasteiger partial charge is 0.542 e. The number of carboxylic acid groups (broad SMARTS) is 1. The summed E-state index contributed by atoms with van der Waals surface area (Å²) < 4.78 is 36.4. The Labute approximate surface area is 143 Å². The second kappa shape index (κ2) is 8.16. The van der Waals surface area contributed by atoms with Crippen molar-refractivity contribution in [3.63, 3.8) is 0 Å². The van der Waals surface area contributed by atoms with Gasteiger partial charge in [-0.15, -0.1) is 0 Å². The summed E-state index contributed by atoms with van der Waals surface area (Å²) in [4.78, 5) is 31.9. The fourth-order valence-electron chi connectivity index (χ4n) is 1.73. The molecule has 0 aliphatic rings. The number of rotatable bonds is 2. The Morgan fingerprint density at radius 2 is 1.81 bits per heavy atom. The Morgan fingerprint density at radius 3 is 2.27 bits per heavy atom. The molecule has 11 heteroatoms. The molecule has 1 heterocycles. The van der Waals surface area contributed by atoms with Gasteiger partial charge in [-0.2, -0.15) is 17.9 Å². The minimum atomic E-state index is -5.19. The molecule has 0 spiro atoms. The molecule has 1 aromatic carbocycles. The third kappa shape index (κ3) is 5.34. The van der Waals surface area contributed by atoms with E-state index in [1.807, 2.05) is 6.07 Å². The van der Waals surface area contributed by atoms with Crippen molar-refractivity contribution in [3.8, 4) is 11.1 Å². The van der Waals surface area contributed by atoms with Gasteiger partial charge < -0.3 is 25.6 Å². The highest BCUT2D eigenvalue weighted by molar-refractivity contribution is 5.90. The number of halogens is 3. The van der Waals surface area contributed by atoms with Crippen LogP contribution in [-0.4, -0.2) is 35.2 Å². The summed E-state index contributed by atoms with van der Waals surface area (Å²) in [5.74, 6) is -3.80. The Kier molecular flexibility index (Phi) is 6.50. The van der Waals surface area contributed by atoms with Crippen LogP contribution in [0, 0.1) is 0 Å². The van der Waals surface area contributed by atoms with Crippen molar-refractivity contribution < 1.29 is 43.5 Å². The molecular weight excluding hydrogens is 361 g/mol. The summed E-state index contributed by atoms with van der Waals surface area (Å²) in [6.07, 6.45) is -3.95. The third-order valence-electron chi connectivity index (χ3n) is 2.90. The number of esters is 1. The number of benzene rings is 1. The highest BCUT2D eigenvalue weighted by Gasteiger charge is 2.28. The zero-order valence-corrected chi connectivity index (χ0v) is 13.2. The number of carboxylic acids is 1. The van der Waals surface area contributed by atoms with Gasteiger partial charge in [-0.05, 0) is 17.7 Å². The standard InChI is InChI=1S/C13H12N2O4.C2HF3O2/c1-19-13(17)11-6-9(7-15(18)12(11)16)8-3-2-4-10(14)5-8;3-2(4,5)1(6)7/h2-7,18H,14H2,1H3;(H,6,7). The van der Waals surface area contributed by atoms with E-state index >= 15 is 0 Å². The molecule has 0 radical (unpaired) electrons. The number of alkyl halides is 3. The van der Waals surface area contributed by atoms with Gasteiger partial charge in [-0.3, -0.25) is 4.79 Å². The van der Waals surface area contributed by atoms with Gasteiger partial charge >= 0.3 is 12.1 Å². The topological polar surface area (TPSA) is 136 Å². The third-order valence-corrected chi connectivity index (χ3v) is 2.90. The molecule has 0 saturated carbocycles. The number of ether oxygens (including phenoxy) is 1. The van der Waals surface area contributed by atoms with Crippen LogP contribution >= 0.6 is 0 Å². The average Bonchev–Trinajstić information content (AvgIpc) is 2.56. The molecule has 0 aliphatic heterocycles. The number of carbonyl (C=O) groups excluding carboxylic acids is 2. The molecule has 4 N–H and O–H groups in total. The number of methoxy groups -OCH3 is 1. The molecule has 0 unspecified atom stereocenters. The second-order valence-electron chi connectivity index (χ2n) is 4.77. The van der Waals surface area contributed by atoms with Crippen molar-refractivity contribution in [2.45, 2.75) is 6.18 Å². The van der Waals surface area contributed by atoms with E-state index in [1.54, 1.807) is 18.2 Å². The lowest BCUT2D eigenvalue weighted by Crippen LogP contribution is -2.39. The first-order valence-corrected chi connectivity index (χ1v) is 6.72. The molecule has 0 aliphatic carbocycles. The van der Waals surface area contributed by atoms with Crippen LogP contribution in [0.15, 0.2) is 41.3 Å². The molecule has 26 heavy (non-hydrogen) atoms. The number of nitrogens with zero attached hydrogens (tertiary/aromatic N) is 1. The first kappa shape index (κ1) is 20.7. The summed E-state index contributed by atoms with van der Waals surface area (Å²) in [6, 6.07) is 8.56. The Bertz CT molecular complexity index is 876. The Hall–Kier alpha value is -3.34. The SMILES string of the molecule is COC(=O)c1cc(-c2cccc([NH3+])c2)cn(O)c1=O.O=C([O-])C(F)(F)F. The van der Waals surface area contributed by atoms with Crippen molar-refractivity contribution in [1.82, 2.24) is 4.73 Å². The number of hydrogen-bond acceptors (Lipinski definition) is 6. The van der Waals surface area contributed by atoms with E-state index < -0.39 is 23.7 Å².